The van der Waals surface area contributed by atoms with Gasteiger partial charge in [0.15, 0.2) is 0 Å². The average Bonchev–Trinajstić information content (AvgIpc) is 3.42. The Bertz CT molecular complexity index is 1110. The van der Waals surface area contributed by atoms with Crippen molar-refractivity contribution < 1.29 is 29.0 Å². The van der Waals surface area contributed by atoms with E-state index in [0.29, 0.717) is 6.42 Å². The third-order valence-electron chi connectivity index (χ3n) is 6.64. The first-order valence-electron chi connectivity index (χ1n) is 12.0. The number of amides is 2. The van der Waals surface area contributed by atoms with Crippen molar-refractivity contribution in [3.63, 3.8) is 0 Å². The fraction of sp³-hybridized carbons (Fsp3) is 0.444. The van der Waals surface area contributed by atoms with Crippen molar-refractivity contribution in [3.8, 4) is 11.1 Å². The topological polar surface area (TPSA) is 105 Å². The van der Waals surface area contributed by atoms with E-state index in [1.807, 2.05) is 38.1 Å². The number of esters is 1. The molecule has 1 fully saturated rings. The summed E-state index contributed by atoms with van der Waals surface area (Å²) in [7, 11) is 1.25. The number of rotatable bonds is 7. The van der Waals surface area contributed by atoms with Crippen LogP contribution in [-0.4, -0.2) is 59.8 Å². The summed E-state index contributed by atoms with van der Waals surface area (Å²) in [6.07, 6.45) is -0.262. The van der Waals surface area contributed by atoms with Gasteiger partial charge in [-0.15, -0.1) is 0 Å². The molecule has 3 atom stereocenters. The Morgan fingerprint density at radius 1 is 1.11 bits per heavy atom. The molecule has 0 radical (unpaired) electrons. The van der Waals surface area contributed by atoms with Crippen molar-refractivity contribution in [3.05, 3.63) is 59.2 Å². The summed E-state index contributed by atoms with van der Waals surface area (Å²) < 4.78 is 10.3. The number of β-amino-alcohol motifs (C(OH)–C–C–N with tert-alkyl or cyclic N) is 1. The monoisotopic (exact) mass is 480 g/mol. The summed E-state index contributed by atoms with van der Waals surface area (Å²) in [5, 5.41) is 12.7. The molecule has 1 saturated heterocycles. The van der Waals surface area contributed by atoms with Crippen molar-refractivity contribution in [1.29, 1.82) is 0 Å². The zero-order chi connectivity index (χ0) is 25.1. The number of likely N-dealkylation sites (tertiary alicyclic amines) is 1. The van der Waals surface area contributed by atoms with Gasteiger partial charge in [0.1, 0.15) is 18.7 Å². The van der Waals surface area contributed by atoms with Gasteiger partial charge in [0.2, 0.25) is 5.91 Å². The first kappa shape index (κ1) is 24.7. The van der Waals surface area contributed by atoms with Crippen molar-refractivity contribution in [2.75, 3.05) is 13.7 Å². The molecule has 8 nitrogen and oxygen atoms in total. The van der Waals surface area contributed by atoms with Crippen LogP contribution >= 0.6 is 0 Å². The number of alkyl carbamates (subject to hydrolysis) is 1. The first-order valence-corrected chi connectivity index (χ1v) is 12.0. The average molecular weight is 481 g/mol. The molecule has 2 amide bonds. The van der Waals surface area contributed by atoms with Crippen molar-refractivity contribution in [1.82, 2.24) is 10.2 Å². The number of fused-ring (bicyclic) bond motifs is 3. The van der Waals surface area contributed by atoms with Gasteiger partial charge in [-0.3, -0.25) is 4.79 Å². The van der Waals surface area contributed by atoms with Crippen LogP contribution in [-0.2, 0) is 32.1 Å². The van der Waals surface area contributed by atoms with Gasteiger partial charge in [-0.2, -0.15) is 0 Å². The molecular formula is C27H32N2O6. The Kier molecular flexibility index (Phi) is 7.40. The summed E-state index contributed by atoms with van der Waals surface area (Å²) in [5.74, 6) is -0.914. The minimum absolute atomic E-state index is 0.0145. The second-order valence-corrected chi connectivity index (χ2v) is 9.60. The van der Waals surface area contributed by atoms with E-state index in [9.17, 15) is 19.5 Å². The zero-order valence-corrected chi connectivity index (χ0v) is 20.3. The molecule has 0 bridgehead atoms. The maximum Gasteiger partial charge on any atom is 0.408 e. The first-order chi connectivity index (χ1) is 16.8. The summed E-state index contributed by atoms with van der Waals surface area (Å²) in [4.78, 5) is 39.5. The Morgan fingerprint density at radius 3 is 2.60 bits per heavy atom. The smallest absolute Gasteiger partial charge is 0.408 e. The molecule has 4 rings (SSSR count). The molecule has 2 aliphatic rings. The maximum absolute atomic E-state index is 13.3. The van der Waals surface area contributed by atoms with Crippen molar-refractivity contribution in [2.45, 2.75) is 57.9 Å². The lowest BCUT2D eigenvalue weighted by Gasteiger charge is -2.28. The van der Waals surface area contributed by atoms with E-state index in [2.05, 4.69) is 23.5 Å². The number of benzene rings is 2. The number of nitrogens with one attached hydrogen (secondary N) is 1. The van der Waals surface area contributed by atoms with Crippen LogP contribution in [0.5, 0.6) is 0 Å². The van der Waals surface area contributed by atoms with Crippen LogP contribution in [0.15, 0.2) is 42.5 Å². The molecule has 1 unspecified atom stereocenters. The molecule has 1 aliphatic heterocycles. The Labute approximate surface area is 205 Å². The Balaban J connectivity index is 1.43. The quantitative estimate of drug-likeness (QED) is 0.504. The molecule has 186 valence electrons. The number of hydrogen-bond acceptors (Lipinski definition) is 6. The third-order valence-corrected chi connectivity index (χ3v) is 6.64. The number of aliphatic hydroxyl groups is 1. The van der Waals surface area contributed by atoms with E-state index >= 15 is 0 Å². The van der Waals surface area contributed by atoms with Crippen molar-refractivity contribution >= 4 is 18.0 Å². The van der Waals surface area contributed by atoms with Gasteiger partial charge in [-0.05, 0) is 46.6 Å². The molecule has 1 aliphatic carbocycles. The summed E-state index contributed by atoms with van der Waals surface area (Å²) in [5.41, 5.74) is 5.66. The second kappa shape index (κ2) is 10.5. The highest BCUT2D eigenvalue weighted by molar-refractivity contribution is 5.90. The van der Waals surface area contributed by atoms with Gasteiger partial charge < -0.3 is 24.8 Å². The lowest BCUT2D eigenvalue weighted by Crippen LogP contribution is -2.52. The highest BCUT2D eigenvalue weighted by Gasteiger charge is 2.42. The van der Waals surface area contributed by atoms with E-state index in [1.54, 1.807) is 0 Å². The van der Waals surface area contributed by atoms with Gasteiger partial charge >= 0.3 is 12.1 Å². The molecule has 1 heterocycles. The predicted octanol–water partition coefficient (Wildman–Crippen LogP) is 3.03. The zero-order valence-electron chi connectivity index (χ0n) is 20.3. The van der Waals surface area contributed by atoms with Gasteiger partial charge in [-0.25, -0.2) is 9.59 Å². The minimum Gasteiger partial charge on any atom is -0.467 e. The SMILES string of the molecule is COC(=O)[C@H]1CC(O)CN1C(=O)[C@H](CC(C)C)NC(=O)OCc1cccc2c1Cc1ccccc1-2. The standard InChI is InChI=1S/C27H32N2O6/c1-16(2)11-23(25(31)29-14-19(30)13-24(29)26(32)34-3)28-27(33)35-15-18-8-6-10-21-20-9-5-4-7-17(20)12-22(18)21/h4-10,16,19,23-24,30H,11-15H2,1-3H3,(H,28,33)/t19?,23-,24+/m0/s1. The number of carbonyl (C=O) groups is 3. The maximum atomic E-state index is 13.3. The van der Waals surface area contributed by atoms with Gasteiger partial charge in [-0.1, -0.05) is 56.3 Å². The molecule has 35 heavy (non-hydrogen) atoms. The molecule has 0 saturated carbocycles. The number of carbonyl (C=O) groups excluding carboxylic acids is 3. The van der Waals surface area contributed by atoms with Crippen LogP contribution in [0, 0.1) is 5.92 Å². The van der Waals surface area contributed by atoms with Gasteiger partial charge in [0, 0.05) is 13.0 Å². The predicted molar refractivity (Wildman–Crippen MR) is 129 cm³/mol. The highest BCUT2D eigenvalue weighted by atomic mass is 16.5. The number of aliphatic hydroxyl groups excluding tert-OH is 1. The summed E-state index contributed by atoms with van der Waals surface area (Å²) in [6, 6.07) is 12.4. The number of nitrogens with zero attached hydrogens (tertiary/aromatic N) is 1. The van der Waals surface area contributed by atoms with Crippen LogP contribution in [0.1, 0.15) is 43.4 Å². The molecule has 0 aromatic heterocycles. The fourth-order valence-electron chi connectivity index (χ4n) is 5.00. The summed E-state index contributed by atoms with van der Waals surface area (Å²) >= 11 is 0. The molecule has 8 heteroatoms. The Morgan fingerprint density at radius 2 is 1.86 bits per heavy atom. The van der Waals surface area contributed by atoms with E-state index in [-0.39, 0.29) is 25.5 Å². The van der Waals surface area contributed by atoms with E-state index in [1.165, 1.54) is 23.1 Å². The van der Waals surface area contributed by atoms with E-state index in [4.69, 9.17) is 9.47 Å². The minimum atomic E-state index is -0.884. The van der Waals surface area contributed by atoms with Gasteiger partial charge in [0.05, 0.1) is 13.2 Å². The van der Waals surface area contributed by atoms with Crippen LogP contribution in [0.2, 0.25) is 0 Å². The number of methoxy groups -OCH3 is 1. The highest BCUT2D eigenvalue weighted by Crippen LogP contribution is 2.38. The van der Waals surface area contributed by atoms with Crippen LogP contribution in [0.4, 0.5) is 4.79 Å². The number of ether oxygens (including phenoxy) is 2. The molecular weight excluding hydrogens is 448 g/mol. The number of hydrogen-bond donors (Lipinski definition) is 2. The van der Waals surface area contributed by atoms with Gasteiger partial charge in [0.25, 0.3) is 0 Å². The van der Waals surface area contributed by atoms with Crippen LogP contribution in [0.3, 0.4) is 0 Å². The molecule has 0 spiro atoms. The van der Waals surface area contributed by atoms with E-state index in [0.717, 1.165) is 23.1 Å². The lowest BCUT2D eigenvalue weighted by atomic mass is 10.0. The van der Waals surface area contributed by atoms with E-state index < -0.39 is 36.2 Å². The molecule has 2 N–H and O–H groups in total. The normalized spacial score (nSPS) is 19.2. The largest absolute Gasteiger partial charge is 0.467 e. The van der Waals surface area contributed by atoms with Crippen LogP contribution in [0.25, 0.3) is 11.1 Å². The Hall–Kier alpha value is -3.39. The molecule has 2 aromatic rings. The lowest BCUT2D eigenvalue weighted by molar-refractivity contribution is -0.151. The fourth-order valence-corrected chi connectivity index (χ4v) is 5.00. The third kappa shape index (κ3) is 5.32. The summed E-state index contributed by atoms with van der Waals surface area (Å²) in [6.45, 7) is 3.98. The van der Waals surface area contributed by atoms with Crippen molar-refractivity contribution in [2.24, 2.45) is 5.92 Å². The second-order valence-electron chi connectivity index (χ2n) is 9.60. The molecule has 2 aromatic carbocycles. The van der Waals surface area contributed by atoms with Crippen LogP contribution < -0.4 is 5.32 Å².